The molecule has 0 bridgehead atoms. The first-order valence-electron chi connectivity index (χ1n) is 17.3. The minimum absolute atomic E-state index is 0.0250. The molecule has 0 saturated carbocycles. The molecule has 0 heterocycles. The van der Waals surface area contributed by atoms with Crippen LogP contribution in [0.5, 0.6) is 0 Å². The van der Waals surface area contributed by atoms with Gasteiger partial charge in [0.15, 0.2) is 0 Å². The third kappa shape index (κ3) is 8.14. The molecule has 0 spiro atoms. The van der Waals surface area contributed by atoms with Crippen LogP contribution in [0.2, 0.25) is 0 Å². The Morgan fingerprint density at radius 1 is 0.488 bits per heavy atom. The van der Waals surface area contributed by atoms with Crippen LogP contribution in [0.25, 0.3) is 33.4 Å². The van der Waals surface area contributed by atoms with Gasteiger partial charge in [0.1, 0.15) is 0 Å². The van der Waals surface area contributed by atoms with E-state index in [0.29, 0.717) is 11.1 Å². The van der Waals surface area contributed by atoms with E-state index in [1.54, 1.807) is 6.92 Å². The first kappa shape index (κ1) is 26.7. The van der Waals surface area contributed by atoms with Gasteiger partial charge in [-0.2, -0.15) is 0 Å². The molecule has 0 atom stereocenters. The summed E-state index contributed by atoms with van der Waals surface area (Å²) >= 11 is 0. The molecule has 5 rings (SSSR count). The van der Waals surface area contributed by atoms with Gasteiger partial charge in [0.05, 0.1) is 5.48 Å². The van der Waals surface area contributed by atoms with E-state index in [-0.39, 0.29) is 40.4 Å². The van der Waals surface area contributed by atoms with Crippen molar-refractivity contribution in [1.29, 1.82) is 0 Å². The monoisotopic (exact) mass is 570 g/mol. The Bertz CT molecular complexity index is 1760. The predicted octanol–water partition coefficient (Wildman–Crippen LogP) is 12.6. The van der Waals surface area contributed by atoms with Crippen molar-refractivity contribution in [2.75, 3.05) is 0 Å². The van der Waals surface area contributed by atoms with Crippen LogP contribution in [0.4, 0.5) is 0 Å². The normalized spacial score (nSPS) is 13.3. The van der Waals surface area contributed by atoms with E-state index in [0.717, 1.165) is 11.1 Å². The fraction of sp³-hybridized carbons (Fsp3) is 0.302. The van der Waals surface area contributed by atoms with E-state index < -0.39 is 0 Å². The summed E-state index contributed by atoms with van der Waals surface area (Å²) in [4.78, 5) is 0. The molecule has 5 aromatic rings. The molecule has 222 valence electrons. The van der Waals surface area contributed by atoms with Crippen LogP contribution in [-0.4, -0.2) is 0 Å². The Morgan fingerprint density at radius 2 is 1.02 bits per heavy atom. The van der Waals surface area contributed by atoms with Gasteiger partial charge in [-0.15, -0.1) is 0 Å². The standard InChI is InChI=1S/C22H22.C21H28/c1-22(2,3)21-15-19(17-10-6-4-7-11-17)14-20(16-21)18-12-8-5-9-13-18;1-15-10-8-11-16(14-15)17-12-9-13-18(20(2,3)4)19(17)21(5,6)7/h4-16H,1-3H3;8-14H,1-7H3/i;8D,10D,11D,14D. The molecule has 0 unspecified atom stereocenters. The molecule has 0 aromatic heterocycles. The molecular formula is C43H50. The second-order valence-electron chi connectivity index (χ2n) is 14.5. The maximum Gasteiger partial charge on any atom is 0.0632 e. The van der Waals surface area contributed by atoms with Gasteiger partial charge in [0.25, 0.3) is 0 Å². The zero-order chi connectivity index (χ0) is 34.9. The first-order chi connectivity index (χ1) is 21.8. The van der Waals surface area contributed by atoms with Crippen molar-refractivity contribution in [2.24, 2.45) is 0 Å². The van der Waals surface area contributed by atoms with Crippen molar-refractivity contribution in [3.05, 3.63) is 143 Å². The Hall–Kier alpha value is -3.90. The average molecular weight is 571 g/mol. The second kappa shape index (κ2) is 12.8. The fourth-order valence-corrected chi connectivity index (χ4v) is 5.42. The second-order valence-corrected chi connectivity index (χ2v) is 14.5. The average Bonchev–Trinajstić information content (AvgIpc) is 3.02. The Morgan fingerprint density at radius 3 is 1.49 bits per heavy atom. The van der Waals surface area contributed by atoms with E-state index in [1.807, 2.05) is 12.1 Å². The van der Waals surface area contributed by atoms with E-state index in [2.05, 4.69) is 147 Å². The molecular weight excluding hydrogens is 516 g/mol. The molecule has 0 N–H and O–H groups in total. The van der Waals surface area contributed by atoms with Gasteiger partial charge in [0.2, 0.25) is 0 Å². The number of rotatable bonds is 3. The topological polar surface area (TPSA) is 0 Å². The van der Waals surface area contributed by atoms with Gasteiger partial charge in [-0.1, -0.05) is 183 Å². The summed E-state index contributed by atoms with van der Waals surface area (Å²) in [7, 11) is 0. The van der Waals surface area contributed by atoms with E-state index in [9.17, 15) is 0 Å². The van der Waals surface area contributed by atoms with Crippen molar-refractivity contribution in [2.45, 2.75) is 85.5 Å². The van der Waals surface area contributed by atoms with Gasteiger partial charge in [-0.05, 0) is 79.3 Å². The SMILES string of the molecule is CC(C)(C)c1cc(-c2ccccc2)cc(-c2ccccc2)c1.[2H]c1c([2H])c(C)c([2H])c(-c2cccc(C(C)(C)C)c2C(C)(C)C)c1[2H]. The van der Waals surface area contributed by atoms with Gasteiger partial charge in [0, 0.05) is 0 Å². The molecule has 5 aromatic carbocycles. The molecule has 0 heteroatoms. The molecule has 0 saturated heterocycles. The highest BCUT2D eigenvalue weighted by molar-refractivity contribution is 5.75. The fourth-order valence-electron chi connectivity index (χ4n) is 5.42. The third-order valence-corrected chi connectivity index (χ3v) is 7.66. The van der Waals surface area contributed by atoms with Crippen LogP contribution < -0.4 is 0 Å². The summed E-state index contributed by atoms with van der Waals surface area (Å²) in [6, 6.07) is 34.2. The van der Waals surface area contributed by atoms with Crippen LogP contribution in [0.3, 0.4) is 0 Å². The van der Waals surface area contributed by atoms with E-state index in [1.165, 1.54) is 33.4 Å². The largest absolute Gasteiger partial charge is 0.0632 e. The van der Waals surface area contributed by atoms with Crippen LogP contribution in [0.1, 0.15) is 90.1 Å². The zero-order valence-electron chi connectivity index (χ0n) is 31.7. The summed E-state index contributed by atoms with van der Waals surface area (Å²) in [5.74, 6) is 0. The lowest BCUT2D eigenvalue weighted by atomic mass is 9.72. The summed E-state index contributed by atoms with van der Waals surface area (Å²) in [6.07, 6.45) is 0. The van der Waals surface area contributed by atoms with Gasteiger partial charge in [-0.25, -0.2) is 0 Å². The molecule has 0 radical (unpaired) electrons. The summed E-state index contributed by atoms with van der Waals surface area (Å²) in [5, 5.41) is 0. The summed E-state index contributed by atoms with van der Waals surface area (Å²) in [6.45, 7) is 21.4. The minimum Gasteiger partial charge on any atom is -0.0622 e. The summed E-state index contributed by atoms with van der Waals surface area (Å²) < 4.78 is 33.0. The van der Waals surface area contributed by atoms with Gasteiger partial charge >= 0.3 is 0 Å². The molecule has 43 heavy (non-hydrogen) atoms. The predicted molar refractivity (Wildman–Crippen MR) is 190 cm³/mol. The number of hydrogen-bond acceptors (Lipinski definition) is 0. The molecule has 0 nitrogen and oxygen atoms in total. The first-order valence-corrected chi connectivity index (χ1v) is 15.3. The summed E-state index contributed by atoms with van der Waals surface area (Å²) in [5.41, 5.74) is 10.4. The zero-order valence-corrected chi connectivity index (χ0v) is 27.7. The lowest BCUT2D eigenvalue weighted by Crippen LogP contribution is -2.23. The maximum absolute atomic E-state index is 8.52. The van der Waals surface area contributed by atoms with E-state index in [4.69, 9.17) is 5.48 Å². The Kier molecular flexibility index (Phi) is 7.93. The lowest BCUT2D eigenvalue weighted by Gasteiger charge is -2.32. The Balaban J connectivity index is 0.000000214. The van der Waals surface area contributed by atoms with E-state index >= 15 is 0 Å². The van der Waals surface area contributed by atoms with Crippen molar-refractivity contribution < 1.29 is 5.48 Å². The smallest absolute Gasteiger partial charge is 0.0622 e. The van der Waals surface area contributed by atoms with Crippen LogP contribution in [0.15, 0.2) is 121 Å². The third-order valence-electron chi connectivity index (χ3n) is 7.66. The van der Waals surface area contributed by atoms with Crippen LogP contribution in [0, 0.1) is 6.92 Å². The van der Waals surface area contributed by atoms with Crippen molar-refractivity contribution in [3.8, 4) is 33.4 Å². The van der Waals surface area contributed by atoms with Gasteiger partial charge < -0.3 is 0 Å². The molecule has 0 aliphatic heterocycles. The van der Waals surface area contributed by atoms with Crippen molar-refractivity contribution in [3.63, 3.8) is 0 Å². The van der Waals surface area contributed by atoms with Gasteiger partial charge in [-0.3, -0.25) is 0 Å². The minimum atomic E-state index is -0.173. The lowest BCUT2D eigenvalue weighted by molar-refractivity contribution is 0.531. The van der Waals surface area contributed by atoms with Crippen molar-refractivity contribution in [1.82, 2.24) is 0 Å². The Labute approximate surface area is 267 Å². The van der Waals surface area contributed by atoms with Crippen LogP contribution in [-0.2, 0) is 16.2 Å². The highest BCUT2D eigenvalue weighted by atomic mass is 14.3. The molecule has 0 aliphatic carbocycles. The highest BCUT2D eigenvalue weighted by Crippen LogP contribution is 2.40. The van der Waals surface area contributed by atoms with Crippen LogP contribution >= 0.6 is 0 Å². The maximum atomic E-state index is 8.52. The molecule has 0 amide bonds. The number of benzene rings is 5. The number of hydrogen-bond donors (Lipinski definition) is 0. The molecule has 0 fully saturated rings. The van der Waals surface area contributed by atoms with Crippen molar-refractivity contribution >= 4 is 0 Å². The highest BCUT2D eigenvalue weighted by Gasteiger charge is 2.27. The molecule has 0 aliphatic rings. The quantitative estimate of drug-likeness (QED) is 0.202.